The Morgan fingerprint density at radius 3 is 2.62 bits per heavy atom. The summed E-state index contributed by atoms with van der Waals surface area (Å²) in [4.78, 5) is 0. The first-order chi connectivity index (χ1) is 10.1. The molecule has 5 nitrogen and oxygen atoms in total. The van der Waals surface area contributed by atoms with Gasteiger partial charge in [-0.2, -0.15) is 0 Å². The summed E-state index contributed by atoms with van der Waals surface area (Å²) in [5.41, 5.74) is 1.04. The zero-order valence-electron chi connectivity index (χ0n) is 12.4. The van der Waals surface area contributed by atoms with E-state index in [1.54, 1.807) is 0 Å². The van der Waals surface area contributed by atoms with Crippen LogP contribution in [0.25, 0.3) is 0 Å². The minimum Gasteiger partial charge on any atom is -0.394 e. The zero-order chi connectivity index (χ0) is 15.5. The Bertz CT molecular complexity index is 374. The van der Waals surface area contributed by atoms with Crippen molar-refractivity contribution in [3.05, 3.63) is 34.9 Å². The zero-order valence-corrected chi connectivity index (χ0v) is 13.1. The lowest BCUT2D eigenvalue weighted by Gasteiger charge is -2.16. The number of nitrogens with two attached hydrogens (primary N) is 1. The molecule has 1 aromatic rings. The van der Waals surface area contributed by atoms with Gasteiger partial charge in [0, 0.05) is 5.02 Å². The Labute approximate surface area is 130 Å². The lowest BCUT2D eigenvalue weighted by Crippen LogP contribution is -2.87. The van der Waals surface area contributed by atoms with E-state index in [4.69, 9.17) is 26.2 Å². The van der Waals surface area contributed by atoms with Crippen LogP contribution in [-0.2, 0) is 9.47 Å². The fourth-order valence-corrected chi connectivity index (χ4v) is 1.92. The van der Waals surface area contributed by atoms with Crippen LogP contribution in [0.4, 0.5) is 0 Å². The standard InChI is InChI=1S/C15H24ClNO4/c1-12(13-2-4-14(16)5-3-13)21-11-15(19)10-17-6-8-20-9-7-18/h2-5,12,15,17-19H,6-11H2,1H3/p+1/t12-,15+/m1/s1. The van der Waals surface area contributed by atoms with E-state index in [0.29, 0.717) is 24.8 Å². The van der Waals surface area contributed by atoms with Gasteiger partial charge in [-0.3, -0.25) is 0 Å². The van der Waals surface area contributed by atoms with Crippen LogP contribution in [0.2, 0.25) is 5.02 Å². The molecule has 0 aliphatic rings. The van der Waals surface area contributed by atoms with Crippen LogP contribution < -0.4 is 5.32 Å². The number of hydrogen-bond acceptors (Lipinski definition) is 4. The summed E-state index contributed by atoms with van der Waals surface area (Å²) in [5.74, 6) is 0. The molecule has 0 unspecified atom stereocenters. The third-order valence-electron chi connectivity index (χ3n) is 3.02. The third kappa shape index (κ3) is 8.36. The molecule has 0 bridgehead atoms. The van der Waals surface area contributed by atoms with E-state index in [-0.39, 0.29) is 19.3 Å². The second-order valence-corrected chi connectivity index (χ2v) is 5.27. The largest absolute Gasteiger partial charge is 0.394 e. The molecule has 0 radical (unpaired) electrons. The molecule has 0 aliphatic heterocycles. The molecule has 0 saturated heterocycles. The van der Waals surface area contributed by atoms with Gasteiger partial charge in [-0.05, 0) is 24.6 Å². The van der Waals surface area contributed by atoms with Crippen LogP contribution in [0.1, 0.15) is 18.6 Å². The van der Waals surface area contributed by atoms with Crippen LogP contribution in [0, 0.1) is 0 Å². The molecule has 0 aliphatic carbocycles. The maximum atomic E-state index is 9.83. The first kappa shape index (κ1) is 18.4. The van der Waals surface area contributed by atoms with Gasteiger partial charge in [0.2, 0.25) is 0 Å². The van der Waals surface area contributed by atoms with Crippen molar-refractivity contribution >= 4 is 11.6 Å². The summed E-state index contributed by atoms with van der Waals surface area (Å²) in [7, 11) is 0. The Morgan fingerprint density at radius 2 is 1.95 bits per heavy atom. The fraction of sp³-hybridized carbons (Fsp3) is 0.600. The van der Waals surface area contributed by atoms with E-state index >= 15 is 0 Å². The Morgan fingerprint density at radius 1 is 1.24 bits per heavy atom. The van der Waals surface area contributed by atoms with Crippen LogP contribution in [0.15, 0.2) is 24.3 Å². The van der Waals surface area contributed by atoms with E-state index < -0.39 is 6.10 Å². The maximum absolute atomic E-state index is 9.83. The maximum Gasteiger partial charge on any atom is 0.126 e. The molecular weight excluding hydrogens is 294 g/mol. The Hall–Kier alpha value is -0.690. The lowest BCUT2D eigenvalue weighted by molar-refractivity contribution is -0.662. The van der Waals surface area contributed by atoms with Crippen molar-refractivity contribution in [1.82, 2.24) is 0 Å². The van der Waals surface area contributed by atoms with Crippen molar-refractivity contribution < 1.29 is 25.0 Å². The molecular formula is C15H25ClNO4+. The molecule has 0 amide bonds. The highest BCUT2D eigenvalue weighted by Crippen LogP contribution is 2.19. The van der Waals surface area contributed by atoms with Gasteiger partial charge in [0.1, 0.15) is 12.6 Å². The van der Waals surface area contributed by atoms with Crippen molar-refractivity contribution in [3.8, 4) is 0 Å². The van der Waals surface area contributed by atoms with E-state index in [0.717, 1.165) is 12.1 Å². The van der Waals surface area contributed by atoms with Gasteiger partial charge in [-0.1, -0.05) is 23.7 Å². The summed E-state index contributed by atoms with van der Waals surface area (Å²) < 4.78 is 10.8. The third-order valence-corrected chi connectivity index (χ3v) is 3.27. The smallest absolute Gasteiger partial charge is 0.126 e. The van der Waals surface area contributed by atoms with Gasteiger partial charge in [0.25, 0.3) is 0 Å². The fourth-order valence-electron chi connectivity index (χ4n) is 1.80. The van der Waals surface area contributed by atoms with Gasteiger partial charge in [0.15, 0.2) is 0 Å². The second kappa shape index (κ2) is 11.0. The number of halogens is 1. The molecule has 120 valence electrons. The monoisotopic (exact) mass is 318 g/mol. The van der Waals surface area contributed by atoms with E-state index in [9.17, 15) is 5.11 Å². The summed E-state index contributed by atoms with van der Waals surface area (Å²) in [6.07, 6.45) is -0.595. The lowest BCUT2D eigenvalue weighted by atomic mass is 10.1. The van der Waals surface area contributed by atoms with Crippen molar-refractivity contribution in [1.29, 1.82) is 0 Å². The van der Waals surface area contributed by atoms with E-state index in [1.165, 1.54) is 0 Å². The molecule has 0 spiro atoms. The number of hydrogen-bond donors (Lipinski definition) is 3. The Balaban J connectivity index is 2.11. The summed E-state index contributed by atoms with van der Waals surface area (Å²) in [6, 6.07) is 7.49. The molecule has 1 aromatic carbocycles. The molecule has 6 heteroatoms. The van der Waals surface area contributed by atoms with Gasteiger partial charge in [-0.25, -0.2) is 0 Å². The highest BCUT2D eigenvalue weighted by molar-refractivity contribution is 6.30. The first-order valence-corrected chi connectivity index (χ1v) is 7.56. The van der Waals surface area contributed by atoms with Crippen LogP contribution in [0.5, 0.6) is 0 Å². The van der Waals surface area contributed by atoms with Gasteiger partial charge < -0.3 is 25.0 Å². The minimum absolute atomic E-state index is 0.0407. The molecule has 1 rings (SSSR count). The highest BCUT2D eigenvalue weighted by atomic mass is 35.5. The number of aliphatic hydroxyl groups is 2. The van der Waals surface area contributed by atoms with Gasteiger partial charge in [0.05, 0.1) is 39.1 Å². The molecule has 2 atom stereocenters. The molecule has 0 fully saturated rings. The number of aliphatic hydroxyl groups excluding tert-OH is 2. The molecule has 4 N–H and O–H groups in total. The number of rotatable bonds is 11. The van der Waals surface area contributed by atoms with Gasteiger partial charge >= 0.3 is 0 Å². The average Bonchev–Trinajstić information content (AvgIpc) is 2.49. The summed E-state index contributed by atoms with van der Waals surface area (Å²) >= 11 is 5.84. The summed E-state index contributed by atoms with van der Waals surface area (Å²) in [5, 5.41) is 21.0. The SMILES string of the molecule is C[C@@H](OC[C@@H](O)C[NH2+]CCOCCO)c1ccc(Cl)cc1. The molecule has 21 heavy (non-hydrogen) atoms. The first-order valence-electron chi connectivity index (χ1n) is 7.19. The van der Waals surface area contributed by atoms with Crippen LogP contribution in [-0.4, -0.2) is 55.8 Å². The summed E-state index contributed by atoms with van der Waals surface area (Å²) in [6.45, 7) is 4.52. The number of quaternary nitrogens is 1. The molecule has 0 saturated carbocycles. The van der Waals surface area contributed by atoms with Crippen molar-refractivity contribution in [2.45, 2.75) is 19.1 Å². The highest BCUT2D eigenvalue weighted by Gasteiger charge is 2.11. The van der Waals surface area contributed by atoms with Crippen molar-refractivity contribution in [2.75, 3.05) is 39.5 Å². The van der Waals surface area contributed by atoms with Crippen LogP contribution >= 0.6 is 11.6 Å². The second-order valence-electron chi connectivity index (χ2n) is 4.83. The predicted molar refractivity (Wildman–Crippen MR) is 81.4 cm³/mol. The topological polar surface area (TPSA) is 75.5 Å². The van der Waals surface area contributed by atoms with Crippen molar-refractivity contribution in [3.63, 3.8) is 0 Å². The quantitative estimate of drug-likeness (QED) is 0.515. The predicted octanol–water partition coefficient (Wildman–Crippen LogP) is 0.351. The number of ether oxygens (including phenoxy) is 2. The van der Waals surface area contributed by atoms with Crippen LogP contribution in [0.3, 0.4) is 0 Å². The average molecular weight is 319 g/mol. The minimum atomic E-state index is -0.516. The van der Waals surface area contributed by atoms with E-state index in [1.807, 2.05) is 36.5 Å². The molecule has 0 heterocycles. The van der Waals surface area contributed by atoms with E-state index in [2.05, 4.69) is 0 Å². The van der Waals surface area contributed by atoms with Gasteiger partial charge in [-0.15, -0.1) is 0 Å². The Kier molecular flexibility index (Phi) is 9.58. The number of benzene rings is 1. The molecule has 0 aromatic heterocycles. The normalized spacial score (nSPS) is 14.1. The van der Waals surface area contributed by atoms with Crippen molar-refractivity contribution in [2.24, 2.45) is 0 Å².